The lowest BCUT2D eigenvalue weighted by Gasteiger charge is -2.35. The topological polar surface area (TPSA) is 121 Å². The average Bonchev–Trinajstić information content (AvgIpc) is 2.93. The standard InChI is InChI=1S/C32H36F2N4O5/c1-5-8-25(36-30(41)22-11-7-12-35-32(22)43-21-16-38(4)17-21)31(42)37-26(15-27(39)40)23-13-20(14-24(33)29(23)34)28-18(2)9-6-10-19(28)3/h6-7,9-14,21,25-26H,5,8,15-17H2,1-4H3,(H,36,41)(H,37,42)(H,39,40)/t25-,26-/m0/s1. The van der Waals surface area contributed by atoms with Crippen LogP contribution in [-0.2, 0) is 9.59 Å². The summed E-state index contributed by atoms with van der Waals surface area (Å²) in [7, 11) is 1.94. The van der Waals surface area contributed by atoms with E-state index in [2.05, 4.69) is 20.5 Å². The lowest BCUT2D eigenvalue weighted by molar-refractivity contribution is -0.137. The number of aliphatic carboxylic acids is 1. The van der Waals surface area contributed by atoms with Crippen molar-refractivity contribution in [2.75, 3.05) is 20.1 Å². The maximum Gasteiger partial charge on any atom is 0.305 e. The van der Waals surface area contributed by atoms with Gasteiger partial charge >= 0.3 is 5.97 Å². The SMILES string of the molecule is CCC[C@H](NC(=O)c1cccnc1OC1CN(C)C1)C(=O)N[C@@H](CC(=O)O)c1cc(-c2c(C)cccc2C)cc(F)c1F. The number of hydrogen-bond donors (Lipinski definition) is 3. The van der Waals surface area contributed by atoms with Gasteiger partial charge in [0.2, 0.25) is 11.8 Å². The summed E-state index contributed by atoms with van der Waals surface area (Å²) in [6.07, 6.45) is 1.38. The van der Waals surface area contributed by atoms with Crippen LogP contribution in [0.15, 0.2) is 48.7 Å². The van der Waals surface area contributed by atoms with Crippen LogP contribution in [0.3, 0.4) is 0 Å². The van der Waals surface area contributed by atoms with Gasteiger partial charge in [-0.1, -0.05) is 31.5 Å². The van der Waals surface area contributed by atoms with Crippen molar-refractivity contribution in [2.24, 2.45) is 0 Å². The van der Waals surface area contributed by atoms with Gasteiger partial charge in [0.1, 0.15) is 17.7 Å². The number of hydrogen-bond acceptors (Lipinski definition) is 6. The second kappa shape index (κ2) is 13.7. The minimum Gasteiger partial charge on any atom is -0.481 e. The highest BCUT2D eigenvalue weighted by Gasteiger charge is 2.31. The smallest absolute Gasteiger partial charge is 0.305 e. The first-order chi connectivity index (χ1) is 20.5. The van der Waals surface area contributed by atoms with E-state index in [0.29, 0.717) is 30.6 Å². The van der Waals surface area contributed by atoms with Crippen molar-refractivity contribution < 1.29 is 33.0 Å². The number of aromatic nitrogens is 1. The van der Waals surface area contributed by atoms with E-state index < -0.39 is 47.9 Å². The summed E-state index contributed by atoms with van der Waals surface area (Å²) >= 11 is 0. The molecule has 2 heterocycles. The zero-order valence-electron chi connectivity index (χ0n) is 24.6. The third kappa shape index (κ3) is 7.53. The van der Waals surface area contributed by atoms with Crippen LogP contribution < -0.4 is 15.4 Å². The van der Waals surface area contributed by atoms with Crippen LogP contribution in [0.25, 0.3) is 11.1 Å². The molecule has 2 atom stereocenters. The summed E-state index contributed by atoms with van der Waals surface area (Å²) in [5.74, 6) is -4.94. The highest BCUT2D eigenvalue weighted by atomic mass is 19.2. The molecule has 2 aromatic carbocycles. The third-order valence-corrected chi connectivity index (χ3v) is 7.42. The maximum absolute atomic E-state index is 15.2. The molecule has 11 heteroatoms. The minimum absolute atomic E-state index is 0.118. The van der Waals surface area contributed by atoms with Crippen molar-refractivity contribution >= 4 is 17.8 Å². The Morgan fingerprint density at radius 2 is 1.79 bits per heavy atom. The summed E-state index contributed by atoms with van der Waals surface area (Å²) in [6.45, 7) is 6.86. The number of amides is 2. The average molecular weight is 595 g/mol. The van der Waals surface area contributed by atoms with Gasteiger partial charge in [0, 0.05) is 24.8 Å². The van der Waals surface area contributed by atoms with Crippen molar-refractivity contribution in [2.45, 2.75) is 58.2 Å². The number of likely N-dealkylation sites (tertiary alicyclic amines) is 1. The van der Waals surface area contributed by atoms with Gasteiger partial charge in [-0.25, -0.2) is 13.8 Å². The van der Waals surface area contributed by atoms with Crippen LogP contribution in [0.2, 0.25) is 0 Å². The van der Waals surface area contributed by atoms with Crippen molar-refractivity contribution in [1.82, 2.24) is 20.5 Å². The summed E-state index contributed by atoms with van der Waals surface area (Å²) in [4.78, 5) is 44.8. The second-order valence-electron chi connectivity index (χ2n) is 10.9. The maximum atomic E-state index is 15.2. The van der Waals surface area contributed by atoms with Gasteiger partial charge in [-0.2, -0.15) is 0 Å². The van der Waals surface area contributed by atoms with Crippen LogP contribution >= 0.6 is 0 Å². The molecule has 0 bridgehead atoms. The van der Waals surface area contributed by atoms with Crippen molar-refractivity contribution in [3.63, 3.8) is 0 Å². The fourth-order valence-corrected chi connectivity index (χ4v) is 5.29. The number of nitrogens with zero attached hydrogens (tertiary/aromatic N) is 2. The molecule has 9 nitrogen and oxygen atoms in total. The molecule has 4 rings (SSSR count). The number of ether oxygens (including phenoxy) is 1. The number of halogens is 2. The van der Waals surface area contributed by atoms with E-state index in [4.69, 9.17) is 4.74 Å². The molecule has 1 aliphatic heterocycles. The number of aryl methyl sites for hydroxylation is 2. The van der Waals surface area contributed by atoms with Gasteiger partial charge in [0.25, 0.3) is 5.91 Å². The Balaban J connectivity index is 1.60. The number of carboxylic acid groups (broad SMARTS) is 1. The Hall–Kier alpha value is -4.38. The number of nitrogens with one attached hydrogen (secondary N) is 2. The molecular weight excluding hydrogens is 558 g/mol. The Bertz CT molecular complexity index is 1490. The number of likely N-dealkylation sites (N-methyl/N-ethyl adjacent to an activating group) is 1. The van der Waals surface area contributed by atoms with Gasteiger partial charge in [-0.05, 0) is 73.8 Å². The zero-order valence-corrected chi connectivity index (χ0v) is 24.6. The van der Waals surface area contributed by atoms with Gasteiger partial charge in [-0.3, -0.25) is 19.3 Å². The first-order valence-corrected chi connectivity index (χ1v) is 14.2. The molecule has 228 valence electrons. The normalized spacial score (nSPS) is 14.8. The molecule has 3 aromatic rings. The highest BCUT2D eigenvalue weighted by Crippen LogP contribution is 2.33. The molecule has 1 saturated heterocycles. The van der Waals surface area contributed by atoms with E-state index in [1.54, 1.807) is 6.07 Å². The van der Waals surface area contributed by atoms with Gasteiger partial charge in [0.15, 0.2) is 11.6 Å². The predicted octanol–water partition coefficient (Wildman–Crippen LogP) is 4.57. The van der Waals surface area contributed by atoms with Crippen LogP contribution in [0.5, 0.6) is 5.88 Å². The van der Waals surface area contributed by atoms with E-state index in [1.165, 1.54) is 18.3 Å². The van der Waals surface area contributed by atoms with Gasteiger partial charge in [0.05, 0.1) is 12.5 Å². The molecule has 3 N–H and O–H groups in total. The highest BCUT2D eigenvalue weighted by molar-refractivity contribution is 5.99. The molecule has 0 spiro atoms. The molecule has 0 saturated carbocycles. The van der Waals surface area contributed by atoms with Crippen LogP contribution in [0.4, 0.5) is 8.78 Å². The Morgan fingerprint density at radius 3 is 2.42 bits per heavy atom. The molecule has 0 unspecified atom stereocenters. The molecule has 0 radical (unpaired) electrons. The zero-order chi connectivity index (χ0) is 31.3. The Morgan fingerprint density at radius 1 is 1.09 bits per heavy atom. The quantitative estimate of drug-likeness (QED) is 0.281. The second-order valence-corrected chi connectivity index (χ2v) is 10.9. The molecular formula is C32H36F2N4O5. The molecule has 43 heavy (non-hydrogen) atoms. The number of carbonyl (C=O) groups excluding carboxylic acids is 2. The van der Waals surface area contributed by atoms with Crippen LogP contribution in [-0.4, -0.2) is 65.1 Å². The van der Waals surface area contributed by atoms with E-state index in [1.807, 2.05) is 46.0 Å². The number of rotatable bonds is 12. The van der Waals surface area contributed by atoms with Crippen LogP contribution in [0, 0.1) is 25.5 Å². The largest absolute Gasteiger partial charge is 0.481 e. The fourth-order valence-electron chi connectivity index (χ4n) is 5.29. The van der Waals surface area contributed by atoms with Gasteiger partial charge in [-0.15, -0.1) is 0 Å². The molecule has 2 amide bonds. The third-order valence-electron chi connectivity index (χ3n) is 7.42. The van der Waals surface area contributed by atoms with E-state index in [0.717, 1.165) is 17.2 Å². The summed E-state index contributed by atoms with van der Waals surface area (Å²) in [5.41, 5.74) is 2.52. The van der Waals surface area contributed by atoms with Crippen molar-refractivity contribution in [3.05, 3.63) is 82.5 Å². The summed E-state index contributed by atoms with van der Waals surface area (Å²) in [5, 5.41) is 14.9. The molecule has 0 aliphatic carbocycles. The van der Waals surface area contributed by atoms with Gasteiger partial charge < -0.3 is 20.5 Å². The number of benzene rings is 2. The minimum atomic E-state index is -1.41. The molecule has 1 aromatic heterocycles. The number of carboxylic acids is 1. The lowest BCUT2D eigenvalue weighted by Crippen LogP contribution is -2.51. The van der Waals surface area contributed by atoms with Crippen molar-refractivity contribution in [1.29, 1.82) is 0 Å². The predicted molar refractivity (Wildman–Crippen MR) is 157 cm³/mol. The first-order valence-electron chi connectivity index (χ1n) is 14.2. The monoisotopic (exact) mass is 594 g/mol. The number of carbonyl (C=O) groups is 3. The summed E-state index contributed by atoms with van der Waals surface area (Å²) in [6, 6.07) is 8.55. The first kappa shape index (κ1) is 31.6. The lowest BCUT2D eigenvalue weighted by atomic mass is 9.92. The summed E-state index contributed by atoms with van der Waals surface area (Å²) < 4.78 is 36.0. The van der Waals surface area contributed by atoms with Crippen LogP contribution in [0.1, 0.15) is 59.3 Å². The Kier molecular flexibility index (Phi) is 10.1. The Labute approximate surface area is 249 Å². The van der Waals surface area contributed by atoms with E-state index in [-0.39, 0.29) is 29.5 Å². The number of pyridine rings is 1. The van der Waals surface area contributed by atoms with Crippen molar-refractivity contribution in [3.8, 4) is 17.0 Å². The molecule has 1 fully saturated rings. The fraction of sp³-hybridized carbons (Fsp3) is 0.375. The van der Waals surface area contributed by atoms with E-state index in [9.17, 15) is 23.9 Å². The molecule has 1 aliphatic rings. The van der Waals surface area contributed by atoms with E-state index >= 15 is 4.39 Å².